The lowest BCUT2D eigenvalue weighted by atomic mass is 9.68. The van der Waals surface area contributed by atoms with Crippen LogP contribution in [0, 0.1) is 23.7 Å². The molecule has 3 aliphatic carbocycles. The molecule has 5 aliphatic rings. The second-order valence-electron chi connectivity index (χ2n) is 13.8. The van der Waals surface area contributed by atoms with Gasteiger partial charge in [0.15, 0.2) is 0 Å². The maximum absolute atomic E-state index is 13.7. The largest absolute Gasteiger partial charge is 0.490 e. The average Bonchev–Trinajstić information content (AvgIpc) is 3.78. The van der Waals surface area contributed by atoms with Crippen molar-refractivity contribution in [3.63, 3.8) is 0 Å². The van der Waals surface area contributed by atoms with E-state index in [-0.39, 0.29) is 23.2 Å². The van der Waals surface area contributed by atoms with Gasteiger partial charge in [-0.2, -0.15) is 4.72 Å². The first-order chi connectivity index (χ1) is 20.6. The van der Waals surface area contributed by atoms with Gasteiger partial charge >= 0.3 is 0 Å². The van der Waals surface area contributed by atoms with Gasteiger partial charge in [0.25, 0.3) is 0 Å². The molecule has 7 rings (SSSR count). The number of allylic oxidation sites excluding steroid dienone is 1. The highest BCUT2D eigenvalue weighted by Crippen LogP contribution is 2.47. The molecule has 2 aromatic carbocycles. The van der Waals surface area contributed by atoms with Crippen LogP contribution >= 0.6 is 11.6 Å². The maximum Gasteiger partial charge on any atom is 0.217 e. The standard InChI is InChI=1S/C34H43ClN2O5S/c1-21-4-2-6-30(38)27-12-9-25(27)18-37-19-34(15-3-5-23-16-26(35)11-13-28(23)34)20-42-31-14-10-24(17-29(31)37)33(39)36-43(40,41)32(21)22-7-8-22/h2,6,10-11,13-14,16-17,21-22,25,27,30,32-33,36,38-39H,3-5,7-9,12,15,18-20H2,1H3/b6-2+/t21-,25+,27-,30+,32-,33?,34+/m1/s1. The third-order valence-electron chi connectivity index (χ3n) is 10.9. The number of aliphatic hydroxyl groups is 2. The van der Waals surface area contributed by atoms with Crippen molar-refractivity contribution in [2.75, 3.05) is 24.6 Å². The lowest BCUT2D eigenvalue weighted by molar-refractivity contribution is 0.0455. The molecule has 1 unspecified atom stereocenters. The van der Waals surface area contributed by atoms with Crippen LogP contribution in [0.4, 0.5) is 5.69 Å². The van der Waals surface area contributed by atoms with Crippen LogP contribution in [0.1, 0.15) is 74.8 Å². The van der Waals surface area contributed by atoms with Crippen molar-refractivity contribution in [1.29, 1.82) is 0 Å². The molecule has 0 radical (unpaired) electrons. The monoisotopic (exact) mass is 626 g/mol. The molecule has 43 heavy (non-hydrogen) atoms. The molecule has 2 bridgehead atoms. The molecule has 0 amide bonds. The molecular formula is C34H43ClN2O5S. The van der Waals surface area contributed by atoms with Crippen LogP contribution in [-0.2, 0) is 21.9 Å². The molecule has 2 saturated carbocycles. The van der Waals surface area contributed by atoms with Gasteiger partial charge < -0.3 is 19.8 Å². The van der Waals surface area contributed by atoms with Gasteiger partial charge in [0.2, 0.25) is 10.0 Å². The summed E-state index contributed by atoms with van der Waals surface area (Å²) in [6.07, 6.45) is 9.30. The number of ether oxygens (including phenoxy) is 1. The van der Waals surface area contributed by atoms with Crippen molar-refractivity contribution in [2.45, 2.75) is 81.3 Å². The van der Waals surface area contributed by atoms with Crippen LogP contribution in [0.25, 0.3) is 0 Å². The van der Waals surface area contributed by atoms with Crippen LogP contribution in [0.15, 0.2) is 48.6 Å². The van der Waals surface area contributed by atoms with Gasteiger partial charge in [-0.15, -0.1) is 0 Å². The van der Waals surface area contributed by atoms with E-state index in [2.05, 4.69) is 21.8 Å². The number of halogens is 1. The summed E-state index contributed by atoms with van der Waals surface area (Å²) in [6, 6.07) is 11.8. The number of aryl methyl sites for hydroxylation is 1. The summed E-state index contributed by atoms with van der Waals surface area (Å²) in [5, 5.41) is 22.7. The Morgan fingerprint density at radius 1 is 1.07 bits per heavy atom. The summed E-state index contributed by atoms with van der Waals surface area (Å²) in [7, 11) is -3.81. The summed E-state index contributed by atoms with van der Waals surface area (Å²) in [5.41, 5.74) is 3.69. The minimum atomic E-state index is -3.81. The summed E-state index contributed by atoms with van der Waals surface area (Å²) >= 11 is 6.41. The highest BCUT2D eigenvalue weighted by molar-refractivity contribution is 7.90. The molecule has 2 heterocycles. The average molecular weight is 627 g/mol. The molecule has 2 fully saturated rings. The van der Waals surface area contributed by atoms with E-state index in [1.165, 1.54) is 11.1 Å². The fraction of sp³-hybridized carbons (Fsp3) is 0.588. The molecule has 0 aromatic heterocycles. The van der Waals surface area contributed by atoms with E-state index in [1.807, 2.05) is 37.3 Å². The number of nitrogens with zero attached hydrogens (tertiary/aromatic N) is 1. The Morgan fingerprint density at radius 2 is 1.88 bits per heavy atom. The zero-order chi connectivity index (χ0) is 29.9. The molecule has 3 N–H and O–H groups in total. The van der Waals surface area contributed by atoms with Gasteiger partial charge in [-0.05, 0) is 116 Å². The lowest BCUT2D eigenvalue weighted by Crippen LogP contribution is -2.49. The van der Waals surface area contributed by atoms with Crippen LogP contribution in [0.2, 0.25) is 5.02 Å². The molecule has 1 spiro atoms. The summed E-state index contributed by atoms with van der Waals surface area (Å²) < 4.78 is 36.6. The molecule has 7 nitrogen and oxygen atoms in total. The fourth-order valence-electron chi connectivity index (χ4n) is 8.32. The molecule has 0 saturated heterocycles. The third-order valence-corrected chi connectivity index (χ3v) is 13.2. The number of fused-ring (bicyclic) bond motifs is 4. The van der Waals surface area contributed by atoms with E-state index >= 15 is 0 Å². The number of hydrogen-bond donors (Lipinski definition) is 3. The number of benzene rings is 2. The Hall–Kier alpha value is -2.10. The Bertz CT molecular complexity index is 1510. The van der Waals surface area contributed by atoms with Crippen molar-refractivity contribution in [1.82, 2.24) is 4.72 Å². The Balaban J connectivity index is 1.29. The minimum absolute atomic E-state index is 0.0910. The summed E-state index contributed by atoms with van der Waals surface area (Å²) in [5.74, 6) is 1.16. The fourth-order valence-corrected chi connectivity index (χ4v) is 10.6. The molecule has 9 heteroatoms. The van der Waals surface area contributed by atoms with Gasteiger partial charge in [-0.3, -0.25) is 0 Å². The van der Waals surface area contributed by atoms with Crippen molar-refractivity contribution < 1.29 is 23.4 Å². The maximum atomic E-state index is 13.7. The first-order valence-electron chi connectivity index (χ1n) is 16.0. The lowest BCUT2D eigenvalue weighted by Gasteiger charge is -2.45. The number of aliphatic hydroxyl groups excluding tert-OH is 2. The van der Waals surface area contributed by atoms with Crippen molar-refractivity contribution in [2.24, 2.45) is 23.7 Å². The van der Waals surface area contributed by atoms with Crippen molar-refractivity contribution in [3.8, 4) is 5.75 Å². The van der Waals surface area contributed by atoms with E-state index in [9.17, 15) is 18.6 Å². The van der Waals surface area contributed by atoms with Crippen LogP contribution in [0.5, 0.6) is 5.75 Å². The van der Waals surface area contributed by atoms with Crippen molar-refractivity contribution >= 4 is 27.3 Å². The van der Waals surface area contributed by atoms with Crippen LogP contribution in [0.3, 0.4) is 0 Å². The number of nitrogens with one attached hydrogen (secondary N) is 1. The zero-order valence-electron chi connectivity index (χ0n) is 24.8. The van der Waals surface area contributed by atoms with E-state index in [0.29, 0.717) is 24.5 Å². The Labute approximate surface area is 260 Å². The summed E-state index contributed by atoms with van der Waals surface area (Å²) in [4.78, 5) is 2.38. The molecule has 7 atom stereocenters. The Morgan fingerprint density at radius 3 is 2.65 bits per heavy atom. The zero-order valence-corrected chi connectivity index (χ0v) is 26.4. The number of rotatable bonds is 1. The van der Waals surface area contributed by atoms with E-state index in [0.717, 1.165) is 74.5 Å². The minimum Gasteiger partial charge on any atom is -0.490 e. The first-order valence-corrected chi connectivity index (χ1v) is 17.9. The van der Waals surface area contributed by atoms with E-state index in [4.69, 9.17) is 16.3 Å². The highest BCUT2D eigenvalue weighted by atomic mass is 35.5. The second kappa shape index (κ2) is 11.4. The van der Waals surface area contributed by atoms with Gasteiger partial charge in [-0.1, -0.05) is 42.8 Å². The molecule has 232 valence electrons. The van der Waals surface area contributed by atoms with Gasteiger partial charge in [-0.25, -0.2) is 8.42 Å². The molecule has 2 aliphatic heterocycles. The van der Waals surface area contributed by atoms with E-state index < -0.39 is 27.6 Å². The Kier molecular flexibility index (Phi) is 7.82. The van der Waals surface area contributed by atoms with E-state index in [1.54, 1.807) is 6.07 Å². The van der Waals surface area contributed by atoms with Crippen molar-refractivity contribution in [3.05, 3.63) is 70.3 Å². The number of sulfonamides is 1. The van der Waals surface area contributed by atoms with Crippen LogP contribution < -0.4 is 14.4 Å². The SMILES string of the molecule is C[C@@H]1C/C=C/[C@H](O)[C@@H]2CC[C@H]2CN2C[C@@]3(CCCc4cc(Cl)ccc43)COc3ccc(cc32)C(O)NS(=O)(=O)[C@H]1C1CC1. The predicted molar refractivity (Wildman–Crippen MR) is 169 cm³/mol. The first kappa shape index (κ1) is 29.6. The predicted octanol–water partition coefficient (Wildman–Crippen LogP) is 5.49. The quantitative estimate of drug-likeness (QED) is 0.363. The number of hydrogen-bond acceptors (Lipinski definition) is 6. The van der Waals surface area contributed by atoms with Gasteiger partial charge in [0.1, 0.15) is 12.0 Å². The smallest absolute Gasteiger partial charge is 0.217 e. The van der Waals surface area contributed by atoms with Gasteiger partial charge in [0, 0.05) is 23.5 Å². The number of anilines is 1. The van der Waals surface area contributed by atoms with Gasteiger partial charge in [0.05, 0.1) is 23.6 Å². The summed E-state index contributed by atoms with van der Waals surface area (Å²) in [6.45, 7) is 3.98. The third kappa shape index (κ3) is 5.63. The second-order valence-corrected chi connectivity index (χ2v) is 16.1. The molecular weight excluding hydrogens is 584 g/mol. The molecule has 2 aromatic rings. The normalized spacial score (nSPS) is 36.4. The highest BCUT2D eigenvalue weighted by Gasteiger charge is 2.46. The topological polar surface area (TPSA) is 99.1 Å². The van der Waals surface area contributed by atoms with Crippen LogP contribution in [-0.4, -0.2) is 49.7 Å².